The Bertz CT molecular complexity index is 883. The number of halogens is 1. The topological polar surface area (TPSA) is 60.5 Å². The van der Waals surface area contributed by atoms with Crippen LogP contribution in [0.3, 0.4) is 0 Å². The average Bonchev–Trinajstić information content (AvgIpc) is 2.60. The molecule has 0 fully saturated rings. The predicted molar refractivity (Wildman–Crippen MR) is 93.9 cm³/mol. The van der Waals surface area contributed by atoms with Crippen LogP contribution in [-0.4, -0.2) is 24.6 Å². The minimum Gasteiger partial charge on any atom is -0.495 e. The zero-order chi connectivity index (χ0) is 16.9. The van der Waals surface area contributed by atoms with E-state index in [1.807, 2.05) is 24.3 Å². The van der Waals surface area contributed by atoms with Crippen molar-refractivity contribution in [3.8, 4) is 11.5 Å². The summed E-state index contributed by atoms with van der Waals surface area (Å²) in [5, 5.41) is 4.11. The molecular weight excluding hydrogens is 328 g/mol. The molecule has 0 atom stereocenters. The van der Waals surface area contributed by atoms with Crippen molar-refractivity contribution >= 4 is 34.1 Å². The number of methoxy groups -OCH3 is 1. The molecule has 0 saturated carbocycles. The lowest BCUT2D eigenvalue weighted by molar-refractivity contribution is -0.118. The molecule has 2 aromatic carbocycles. The SMILES string of the molecule is COc1ccc(NC(=O)COc2ccc3ncccc3c2)cc1Cl. The van der Waals surface area contributed by atoms with Gasteiger partial charge in [0.25, 0.3) is 5.91 Å². The number of aromatic nitrogens is 1. The van der Waals surface area contributed by atoms with Gasteiger partial charge in [0.2, 0.25) is 0 Å². The van der Waals surface area contributed by atoms with Gasteiger partial charge in [-0.2, -0.15) is 0 Å². The second-order valence-electron chi connectivity index (χ2n) is 5.04. The molecule has 0 unspecified atom stereocenters. The number of ether oxygens (including phenoxy) is 2. The number of carbonyl (C=O) groups excluding carboxylic acids is 1. The number of hydrogen-bond donors (Lipinski definition) is 1. The summed E-state index contributed by atoms with van der Waals surface area (Å²) in [6.45, 7) is -0.102. The van der Waals surface area contributed by atoms with Gasteiger partial charge in [-0.05, 0) is 42.5 Å². The zero-order valence-electron chi connectivity index (χ0n) is 13.0. The fraction of sp³-hybridized carbons (Fsp3) is 0.111. The minimum atomic E-state index is -0.275. The molecule has 122 valence electrons. The summed E-state index contributed by atoms with van der Waals surface area (Å²) in [6, 6.07) is 14.3. The van der Waals surface area contributed by atoms with Crippen LogP contribution in [0.2, 0.25) is 5.02 Å². The number of rotatable bonds is 5. The first-order valence-electron chi connectivity index (χ1n) is 7.27. The fourth-order valence-corrected chi connectivity index (χ4v) is 2.49. The Morgan fingerprint density at radius 2 is 2.08 bits per heavy atom. The van der Waals surface area contributed by atoms with E-state index in [9.17, 15) is 4.79 Å². The van der Waals surface area contributed by atoms with E-state index >= 15 is 0 Å². The molecule has 1 amide bonds. The van der Waals surface area contributed by atoms with Crippen LogP contribution >= 0.6 is 11.6 Å². The summed E-state index contributed by atoms with van der Waals surface area (Å²) in [6.07, 6.45) is 1.73. The first kappa shape index (κ1) is 16.1. The maximum atomic E-state index is 12.0. The highest BCUT2D eigenvalue weighted by Gasteiger charge is 2.07. The largest absolute Gasteiger partial charge is 0.495 e. The van der Waals surface area contributed by atoms with Gasteiger partial charge >= 0.3 is 0 Å². The van der Waals surface area contributed by atoms with E-state index in [0.29, 0.717) is 22.2 Å². The van der Waals surface area contributed by atoms with Gasteiger partial charge in [0, 0.05) is 17.3 Å². The van der Waals surface area contributed by atoms with Crippen LogP contribution in [-0.2, 0) is 4.79 Å². The maximum Gasteiger partial charge on any atom is 0.262 e. The Labute approximate surface area is 144 Å². The van der Waals surface area contributed by atoms with Crippen molar-refractivity contribution in [3.63, 3.8) is 0 Å². The highest BCUT2D eigenvalue weighted by molar-refractivity contribution is 6.32. The Kier molecular flexibility index (Phi) is 4.82. The Morgan fingerprint density at radius 3 is 2.88 bits per heavy atom. The number of fused-ring (bicyclic) bond motifs is 1. The summed E-state index contributed by atoms with van der Waals surface area (Å²) >= 11 is 6.03. The molecule has 0 aliphatic carbocycles. The van der Waals surface area contributed by atoms with E-state index < -0.39 is 0 Å². The van der Waals surface area contributed by atoms with Crippen LogP contribution in [0.5, 0.6) is 11.5 Å². The molecule has 0 aliphatic heterocycles. The van der Waals surface area contributed by atoms with Crippen LogP contribution < -0.4 is 14.8 Å². The van der Waals surface area contributed by atoms with Crippen molar-refractivity contribution in [2.75, 3.05) is 19.0 Å². The number of pyridine rings is 1. The third-order valence-corrected chi connectivity index (χ3v) is 3.68. The van der Waals surface area contributed by atoms with Crippen LogP contribution in [0.4, 0.5) is 5.69 Å². The number of carbonyl (C=O) groups is 1. The molecule has 3 rings (SSSR count). The number of benzene rings is 2. The molecule has 0 aliphatic rings. The second kappa shape index (κ2) is 7.19. The molecular formula is C18H15ClN2O3. The van der Waals surface area contributed by atoms with Crippen molar-refractivity contribution in [1.82, 2.24) is 4.98 Å². The van der Waals surface area contributed by atoms with Gasteiger partial charge in [0.15, 0.2) is 6.61 Å². The lowest BCUT2D eigenvalue weighted by atomic mass is 10.2. The lowest BCUT2D eigenvalue weighted by Gasteiger charge is -2.09. The maximum absolute atomic E-state index is 12.0. The van der Waals surface area contributed by atoms with Gasteiger partial charge in [-0.15, -0.1) is 0 Å². The van der Waals surface area contributed by atoms with Crippen molar-refractivity contribution in [2.45, 2.75) is 0 Å². The van der Waals surface area contributed by atoms with Crippen molar-refractivity contribution in [3.05, 3.63) is 59.8 Å². The smallest absolute Gasteiger partial charge is 0.262 e. The molecule has 0 bridgehead atoms. The van der Waals surface area contributed by atoms with Crippen LogP contribution in [0.1, 0.15) is 0 Å². The zero-order valence-corrected chi connectivity index (χ0v) is 13.7. The van der Waals surface area contributed by atoms with Gasteiger partial charge < -0.3 is 14.8 Å². The van der Waals surface area contributed by atoms with Gasteiger partial charge in [0.1, 0.15) is 11.5 Å². The van der Waals surface area contributed by atoms with Crippen LogP contribution in [0.25, 0.3) is 10.9 Å². The summed E-state index contributed by atoms with van der Waals surface area (Å²) in [7, 11) is 1.53. The average molecular weight is 343 g/mol. The third kappa shape index (κ3) is 3.75. The normalized spacial score (nSPS) is 10.4. The third-order valence-electron chi connectivity index (χ3n) is 3.38. The van der Waals surface area contributed by atoms with Crippen molar-refractivity contribution < 1.29 is 14.3 Å². The molecule has 1 heterocycles. The predicted octanol–water partition coefficient (Wildman–Crippen LogP) is 3.91. The molecule has 5 nitrogen and oxygen atoms in total. The monoisotopic (exact) mass is 342 g/mol. The molecule has 1 N–H and O–H groups in total. The van der Waals surface area contributed by atoms with Gasteiger partial charge in [-0.1, -0.05) is 17.7 Å². The van der Waals surface area contributed by atoms with E-state index in [1.165, 1.54) is 7.11 Å². The molecule has 0 radical (unpaired) electrons. The molecule has 24 heavy (non-hydrogen) atoms. The van der Waals surface area contributed by atoms with Gasteiger partial charge in [-0.25, -0.2) is 0 Å². The quantitative estimate of drug-likeness (QED) is 0.763. The number of nitrogens with zero attached hydrogens (tertiary/aromatic N) is 1. The highest BCUT2D eigenvalue weighted by Crippen LogP contribution is 2.27. The molecule has 3 aromatic rings. The fourth-order valence-electron chi connectivity index (χ4n) is 2.23. The minimum absolute atomic E-state index is 0.102. The number of nitrogens with one attached hydrogen (secondary N) is 1. The summed E-state index contributed by atoms with van der Waals surface area (Å²) in [5.41, 5.74) is 1.46. The summed E-state index contributed by atoms with van der Waals surface area (Å²) in [4.78, 5) is 16.2. The number of anilines is 1. The highest BCUT2D eigenvalue weighted by atomic mass is 35.5. The van der Waals surface area contributed by atoms with Crippen molar-refractivity contribution in [2.24, 2.45) is 0 Å². The Balaban J connectivity index is 1.61. The van der Waals surface area contributed by atoms with Crippen molar-refractivity contribution in [1.29, 1.82) is 0 Å². The summed E-state index contributed by atoms with van der Waals surface area (Å²) < 4.78 is 10.6. The molecule has 0 saturated heterocycles. The summed E-state index contributed by atoms with van der Waals surface area (Å²) in [5.74, 6) is 0.886. The first-order chi connectivity index (χ1) is 11.7. The van der Waals surface area contributed by atoms with E-state index in [-0.39, 0.29) is 12.5 Å². The first-order valence-corrected chi connectivity index (χ1v) is 7.64. The van der Waals surface area contributed by atoms with E-state index in [0.717, 1.165) is 10.9 Å². The van der Waals surface area contributed by atoms with Crippen LogP contribution in [0, 0.1) is 0 Å². The molecule has 1 aromatic heterocycles. The number of hydrogen-bond acceptors (Lipinski definition) is 4. The number of amides is 1. The second-order valence-corrected chi connectivity index (χ2v) is 5.45. The molecule has 0 spiro atoms. The molecule has 6 heteroatoms. The Hall–Kier alpha value is -2.79. The Morgan fingerprint density at radius 1 is 1.21 bits per heavy atom. The standard InChI is InChI=1S/C18H15ClN2O3/c1-23-17-7-4-13(10-15(17)19)21-18(22)11-24-14-5-6-16-12(9-14)3-2-8-20-16/h2-10H,11H2,1H3,(H,21,22). The van der Waals surface area contributed by atoms with Gasteiger partial charge in [-0.3, -0.25) is 9.78 Å². The van der Waals surface area contributed by atoms with Gasteiger partial charge in [0.05, 0.1) is 17.6 Å². The van der Waals surface area contributed by atoms with E-state index in [1.54, 1.807) is 30.5 Å². The van der Waals surface area contributed by atoms with E-state index in [2.05, 4.69) is 10.3 Å². The van der Waals surface area contributed by atoms with Crippen LogP contribution in [0.15, 0.2) is 54.7 Å². The lowest BCUT2D eigenvalue weighted by Crippen LogP contribution is -2.20. The van der Waals surface area contributed by atoms with E-state index in [4.69, 9.17) is 21.1 Å².